The number of barbiturate groups is 1. The van der Waals surface area contributed by atoms with Crippen LogP contribution in [0.1, 0.15) is 18.9 Å². The van der Waals surface area contributed by atoms with Crippen LogP contribution in [0, 0.1) is 0 Å². The van der Waals surface area contributed by atoms with E-state index < -0.39 is 36.0 Å². The summed E-state index contributed by atoms with van der Waals surface area (Å²) in [5, 5.41) is 20.6. The molecule has 118 valence electrons. The van der Waals surface area contributed by atoms with Crippen molar-refractivity contribution >= 4 is 17.8 Å². The van der Waals surface area contributed by atoms with Crippen molar-refractivity contribution in [2.24, 2.45) is 0 Å². The van der Waals surface area contributed by atoms with E-state index in [1.165, 1.54) is 0 Å². The smallest absolute Gasteiger partial charge is 0.330 e. The quantitative estimate of drug-likeness (QED) is 0.651. The van der Waals surface area contributed by atoms with Crippen LogP contribution in [0.4, 0.5) is 4.79 Å². The fraction of sp³-hybridized carbons (Fsp3) is 0.400. The number of aliphatic hydroxyl groups is 2. The Bertz CT molecular complexity index is 589. The number of nitrogens with one attached hydrogen (secondary N) is 1. The van der Waals surface area contributed by atoms with Gasteiger partial charge in [-0.25, -0.2) is 4.79 Å². The maximum atomic E-state index is 12.8. The molecular weight excluding hydrogens is 288 g/mol. The number of β-amino-alcohol motifs (C(OH)–C–C–N with tert-alkyl or cyclic N) is 1. The second-order valence-electron chi connectivity index (χ2n) is 5.14. The van der Waals surface area contributed by atoms with Crippen LogP contribution in [-0.2, 0) is 15.0 Å². The zero-order chi connectivity index (χ0) is 16.3. The van der Waals surface area contributed by atoms with Gasteiger partial charge >= 0.3 is 6.03 Å². The highest BCUT2D eigenvalue weighted by atomic mass is 16.3. The van der Waals surface area contributed by atoms with Gasteiger partial charge in [-0.15, -0.1) is 0 Å². The van der Waals surface area contributed by atoms with Gasteiger partial charge in [-0.1, -0.05) is 37.3 Å². The molecule has 7 heteroatoms. The van der Waals surface area contributed by atoms with E-state index >= 15 is 0 Å². The van der Waals surface area contributed by atoms with Crippen LogP contribution in [0.15, 0.2) is 30.3 Å². The van der Waals surface area contributed by atoms with Crippen LogP contribution < -0.4 is 5.32 Å². The summed E-state index contributed by atoms with van der Waals surface area (Å²) in [6.07, 6.45) is -1.09. The average Bonchev–Trinajstić information content (AvgIpc) is 2.53. The Hall–Kier alpha value is -2.25. The van der Waals surface area contributed by atoms with Crippen molar-refractivity contribution < 1.29 is 24.6 Å². The third-order valence-electron chi connectivity index (χ3n) is 3.86. The van der Waals surface area contributed by atoms with Crippen LogP contribution >= 0.6 is 0 Å². The molecule has 4 amide bonds. The van der Waals surface area contributed by atoms with Crippen LogP contribution in [-0.4, -0.2) is 52.2 Å². The topological polar surface area (TPSA) is 107 Å². The SMILES string of the molecule is CCC1(c2ccccc2)C(=O)NC(=O)N(CC(O)CO)C1=O. The normalized spacial score (nSPS) is 23.4. The standard InChI is InChI=1S/C15H18N2O5/c1-2-15(10-6-4-3-5-7-10)12(20)16-14(22)17(13(15)21)8-11(19)9-18/h3-7,11,18-19H,2,8-9H2,1H3,(H,16,20,22). The molecule has 7 nitrogen and oxygen atoms in total. The van der Waals surface area contributed by atoms with Crippen molar-refractivity contribution in [3.8, 4) is 0 Å². The second-order valence-corrected chi connectivity index (χ2v) is 5.14. The Morgan fingerprint density at radius 2 is 1.86 bits per heavy atom. The molecule has 0 aliphatic carbocycles. The molecule has 1 heterocycles. The molecule has 3 N–H and O–H groups in total. The number of rotatable bonds is 5. The van der Waals surface area contributed by atoms with Gasteiger partial charge in [0.15, 0.2) is 5.41 Å². The predicted molar refractivity (Wildman–Crippen MR) is 76.8 cm³/mol. The molecule has 1 aliphatic heterocycles. The van der Waals surface area contributed by atoms with Crippen molar-refractivity contribution in [1.82, 2.24) is 10.2 Å². The molecule has 0 bridgehead atoms. The van der Waals surface area contributed by atoms with Gasteiger partial charge in [0.2, 0.25) is 5.91 Å². The second kappa shape index (κ2) is 6.25. The van der Waals surface area contributed by atoms with Crippen LogP contribution in [0.3, 0.4) is 0 Å². The van der Waals surface area contributed by atoms with E-state index in [1.54, 1.807) is 37.3 Å². The number of benzene rings is 1. The van der Waals surface area contributed by atoms with E-state index in [-0.39, 0.29) is 13.0 Å². The number of hydrogen-bond donors (Lipinski definition) is 3. The number of hydrogen-bond acceptors (Lipinski definition) is 5. The summed E-state index contributed by atoms with van der Waals surface area (Å²) in [6.45, 7) is 0.722. The van der Waals surface area contributed by atoms with Gasteiger partial charge in [0.05, 0.1) is 19.3 Å². The van der Waals surface area contributed by atoms with Crippen molar-refractivity contribution in [2.45, 2.75) is 24.9 Å². The third-order valence-corrected chi connectivity index (χ3v) is 3.86. The molecule has 1 saturated heterocycles. The molecule has 1 fully saturated rings. The van der Waals surface area contributed by atoms with Gasteiger partial charge in [-0.2, -0.15) is 0 Å². The Kier molecular flexibility index (Phi) is 4.58. The number of carbonyl (C=O) groups is 3. The summed E-state index contributed by atoms with van der Waals surface area (Å²) >= 11 is 0. The Morgan fingerprint density at radius 1 is 1.23 bits per heavy atom. The van der Waals surface area contributed by atoms with Crippen molar-refractivity contribution in [3.63, 3.8) is 0 Å². The number of carbonyl (C=O) groups excluding carboxylic acids is 3. The summed E-state index contributed by atoms with van der Waals surface area (Å²) in [5.74, 6) is -1.37. The van der Waals surface area contributed by atoms with Gasteiger partial charge in [0.25, 0.3) is 5.91 Å². The van der Waals surface area contributed by atoms with Gasteiger partial charge in [-0.05, 0) is 12.0 Å². The molecule has 2 unspecified atom stereocenters. The lowest BCUT2D eigenvalue weighted by Gasteiger charge is -2.39. The summed E-state index contributed by atoms with van der Waals surface area (Å²) in [7, 11) is 0. The van der Waals surface area contributed by atoms with E-state index in [0.717, 1.165) is 4.90 Å². The zero-order valence-electron chi connectivity index (χ0n) is 12.2. The first-order valence-corrected chi connectivity index (χ1v) is 6.99. The minimum absolute atomic E-state index is 0.167. The number of imide groups is 2. The molecule has 0 aromatic heterocycles. The molecule has 2 rings (SSSR count). The minimum atomic E-state index is -1.51. The van der Waals surface area contributed by atoms with Crippen LogP contribution in [0.5, 0.6) is 0 Å². The molecule has 1 aromatic carbocycles. The molecule has 22 heavy (non-hydrogen) atoms. The molecule has 1 aromatic rings. The van der Waals surface area contributed by atoms with E-state index in [0.29, 0.717) is 5.56 Å². The number of aliphatic hydroxyl groups excluding tert-OH is 2. The molecule has 0 radical (unpaired) electrons. The maximum Gasteiger partial charge on any atom is 0.330 e. The Labute approximate surface area is 127 Å². The first kappa shape index (κ1) is 16.1. The molecule has 1 aliphatic rings. The largest absolute Gasteiger partial charge is 0.394 e. The Balaban J connectivity index is 2.46. The zero-order valence-corrected chi connectivity index (χ0v) is 12.2. The van der Waals surface area contributed by atoms with Crippen LogP contribution in [0.25, 0.3) is 0 Å². The van der Waals surface area contributed by atoms with Gasteiger partial charge in [0.1, 0.15) is 0 Å². The van der Waals surface area contributed by atoms with Crippen molar-refractivity contribution in [2.75, 3.05) is 13.2 Å². The monoisotopic (exact) mass is 306 g/mol. The van der Waals surface area contributed by atoms with E-state index in [4.69, 9.17) is 5.11 Å². The third kappa shape index (κ3) is 2.49. The lowest BCUT2D eigenvalue weighted by Crippen LogP contribution is -2.66. The fourth-order valence-corrected chi connectivity index (χ4v) is 2.62. The maximum absolute atomic E-state index is 12.8. The predicted octanol–water partition coefficient (Wildman–Crippen LogP) is -0.234. The average molecular weight is 306 g/mol. The highest BCUT2D eigenvalue weighted by molar-refractivity contribution is 6.22. The van der Waals surface area contributed by atoms with Crippen molar-refractivity contribution in [1.29, 1.82) is 0 Å². The van der Waals surface area contributed by atoms with Crippen LogP contribution in [0.2, 0.25) is 0 Å². The van der Waals surface area contributed by atoms with Gasteiger partial charge in [-0.3, -0.25) is 19.8 Å². The highest BCUT2D eigenvalue weighted by Gasteiger charge is 2.54. The lowest BCUT2D eigenvalue weighted by molar-refractivity contribution is -0.146. The van der Waals surface area contributed by atoms with E-state index in [9.17, 15) is 19.5 Å². The number of urea groups is 1. The first-order chi connectivity index (χ1) is 10.5. The molecule has 0 spiro atoms. The summed E-state index contributed by atoms with van der Waals surface area (Å²) in [5.41, 5.74) is -1.03. The van der Waals surface area contributed by atoms with Gasteiger partial charge < -0.3 is 10.2 Å². The summed E-state index contributed by atoms with van der Waals surface area (Å²) in [6, 6.07) is 7.58. The Morgan fingerprint density at radius 3 is 2.41 bits per heavy atom. The number of nitrogens with zero attached hydrogens (tertiary/aromatic N) is 1. The highest BCUT2D eigenvalue weighted by Crippen LogP contribution is 2.33. The summed E-state index contributed by atoms with van der Waals surface area (Å²) < 4.78 is 0. The minimum Gasteiger partial charge on any atom is -0.394 e. The van der Waals surface area contributed by atoms with Gasteiger partial charge in [0, 0.05) is 0 Å². The summed E-state index contributed by atoms with van der Waals surface area (Å²) in [4.78, 5) is 37.8. The number of amides is 4. The molecule has 2 atom stereocenters. The van der Waals surface area contributed by atoms with E-state index in [1.807, 2.05) is 0 Å². The van der Waals surface area contributed by atoms with Crippen molar-refractivity contribution in [3.05, 3.63) is 35.9 Å². The molecular formula is C15H18N2O5. The lowest BCUT2D eigenvalue weighted by atomic mass is 9.74. The first-order valence-electron chi connectivity index (χ1n) is 6.99. The fourth-order valence-electron chi connectivity index (χ4n) is 2.62. The molecule has 0 saturated carbocycles. The van der Waals surface area contributed by atoms with E-state index in [2.05, 4.69) is 5.32 Å².